The van der Waals surface area contributed by atoms with Crippen LogP contribution in [0.5, 0.6) is 5.75 Å². The van der Waals surface area contributed by atoms with Gasteiger partial charge in [-0.1, -0.05) is 18.2 Å². The summed E-state index contributed by atoms with van der Waals surface area (Å²) in [7, 11) is 0. The van der Waals surface area contributed by atoms with E-state index in [-0.39, 0.29) is 12.1 Å². The Bertz CT molecular complexity index is 448. The molecular weight excluding hydrogens is 256 g/mol. The van der Waals surface area contributed by atoms with Gasteiger partial charge in [0.25, 0.3) is 0 Å². The predicted molar refractivity (Wildman–Crippen MR) is 76.7 cm³/mol. The van der Waals surface area contributed by atoms with Crippen molar-refractivity contribution < 1.29 is 14.6 Å². The molecule has 5 nitrogen and oxygen atoms in total. The molecule has 0 saturated carbocycles. The number of benzene rings is 1. The van der Waals surface area contributed by atoms with Gasteiger partial charge in [-0.25, -0.2) is 4.79 Å². The van der Waals surface area contributed by atoms with Crippen molar-refractivity contribution in [2.24, 2.45) is 0 Å². The number of amides is 2. The molecule has 1 aliphatic heterocycles. The number of fused-ring (bicyclic) bond motifs is 1. The molecule has 20 heavy (non-hydrogen) atoms. The molecule has 1 aliphatic rings. The van der Waals surface area contributed by atoms with Crippen molar-refractivity contribution in [2.75, 3.05) is 13.2 Å². The number of carbonyl (C=O) groups excluding carboxylic acids is 1. The fraction of sp³-hybridized carbons (Fsp3) is 0.533. The minimum absolute atomic E-state index is 0.0275. The standard InChI is InChI=1S/C15H22N2O3/c1-11(18)8-9-16-15(19)17-13-6-4-10-20-14-7-3-2-5-12(13)14/h2-3,5,7,11,13,18H,4,6,8-10H2,1H3,(H2,16,17,19). The van der Waals surface area contributed by atoms with Crippen LogP contribution in [0.1, 0.15) is 37.8 Å². The monoisotopic (exact) mass is 278 g/mol. The molecular formula is C15H22N2O3. The number of rotatable bonds is 4. The second-order valence-corrected chi connectivity index (χ2v) is 5.12. The Morgan fingerprint density at radius 2 is 2.30 bits per heavy atom. The normalized spacial score (nSPS) is 19.2. The molecule has 0 aromatic heterocycles. The molecule has 1 heterocycles. The van der Waals surface area contributed by atoms with Crippen molar-refractivity contribution in [3.8, 4) is 5.75 Å². The summed E-state index contributed by atoms with van der Waals surface area (Å²) < 4.78 is 5.67. The van der Waals surface area contributed by atoms with Crippen LogP contribution in [0.2, 0.25) is 0 Å². The highest BCUT2D eigenvalue weighted by molar-refractivity contribution is 5.74. The zero-order valence-corrected chi connectivity index (χ0v) is 11.8. The quantitative estimate of drug-likeness (QED) is 0.788. The minimum atomic E-state index is -0.401. The van der Waals surface area contributed by atoms with Gasteiger partial charge in [0.15, 0.2) is 0 Å². The number of nitrogens with one attached hydrogen (secondary N) is 2. The molecule has 110 valence electrons. The van der Waals surface area contributed by atoms with Crippen molar-refractivity contribution in [3.63, 3.8) is 0 Å². The highest BCUT2D eigenvalue weighted by Gasteiger charge is 2.20. The average Bonchev–Trinajstić information content (AvgIpc) is 2.61. The molecule has 2 amide bonds. The number of aliphatic hydroxyl groups excluding tert-OH is 1. The Balaban J connectivity index is 1.93. The number of urea groups is 1. The summed E-state index contributed by atoms with van der Waals surface area (Å²) in [5.74, 6) is 0.847. The minimum Gasteiger partial charge on any atom is -0.493 e. The van der Waals surface area contributed by atoms with E-state index in [0.717, 1.165) is 24.2 Å². The highest BCUT2D eigenvalue weighted by atomic mass is 16.5. The molecule has 0 aliphatic carbocycles. The van der Waals surface area contributed by atoms with Gasteiger partial charge in [0.1, 0.15) is 5.75 Å². The number of hydrogen-bond acceptors (Lipinski definition) is 3. The molecule has 1 aromatic rings. The van der Waals surface area contributed by atoms with Gasteiger partial charge in [0.05, 0.1) is 18.8 Å². The Morgan fingerprint density at radius 3 is 3.10 bits per heavy atom. The van der Waals surface area contributed by atoms with E-state index in [1.54, 1.807) is 6.92 Å². The summed E-state index contributed by atoms with van der Waals surface area (Å²) in [4.78, 5) is 11.9. The van der Waals surface area contributed by atoms with E-state index in [1.165, 1.54) is 0 Å². The van der Waals surface area contributed by atoms with Crippen LogP contribution in [0, 0.1) is 0 Å². The van der Waals surface area contributed by atoms with Crippen molar-refractivity contribution in [1.82, 2.24) is 10.6 Å². The SMILES string of the molecule is CC(O)CCNC(=O)NC1CCCOc2ccccc21. The zero-order chi connectivity index (χ0) is 14.4. The van der Waals surface area contributed by atoms with E-state index in [2.05, 4.69) is 10.6 Å². The van der Waals surface area contributed by atoms with Gasteiger partial charge in [-0.2, -0.15) is 0 Å². The summed E-state index contributed by atoms with van der Waals surface area (Å²) >= 11 is 0. The predicted octanol–water partition coefficient (Wildman–Crippen LogP) is 1.97. The summed E-state index contributed by atoms with van der Waals surface area (Å²) in [6.07, 6.45) is 1.92. The van der Waals surface area contributed by atoms with Crippen LogP contribution in [0.3, 0.4) is 0 Å². The summed E-state index contributed by atoms with van der Waals surface area (Å²) in [6, 6.07) is 7.58. The Kier molecular flexibility index (Phi) is 5.24. The molecule has 2 rings (SSSR count). The summed E-state index contributed by atoms with van der Waals surface area (Å²) in [5, 5.41) is 14.9. The molecule has 0 fully saturated rings. The lowest BCUT2D eigenvalue weighted by atomic mass is 10.0. The summed E-state index contributed by atoms with van der Waals surface area (Å²) in [5.41, 5.74) is 1.02. The first-order chi connectivity index (χ1) is 9.66. The molecule has 0 saturated heterocycles. The Hall–Kier alpha value is -1.75. The molecule has 0 radical (unpaired) electrons. The van der Waals surface area contributed by atoms with Crippen molar-refractivity contribution in [2.45, 2.75) is 38.3 Å². The molecule has 0 bridgehead atoms. The second-order valence-electron chi connectivity index (χ2n) is 5.12. The van der Waals surface area contributed by atoms with Crippen LogP contribution in [0.15, 0.2) is 24.3 Å². The lowest BCUT2D eigenvalue weighted by Gasteiger charge is -2.18. The van der Waals surface area contributed by atoms with E-state index in [1.807, 2.05) is 24.3 Å². The Labute approximate surface area is 119 Å². The van der Waals surface area contributed by atoms with Crippen molar-refractivity contribution in [3.05, 3.63) is 29.8 Å². The van der Waals surface area contributed by atoms with Gasteiger partial charge in [0, 0.05) is 12.1 Å². The van der Waals surface area contributed by atoms with Crippen LogP contribution in [0.25, 0.3) is 0 Å². The van der Waals surface area contributed by atoms with Crippen LogP contribution in [0.4, 0.5) is 4.79 Å². The summed E-state index contributed by atoms with van der Waals surface area (Å²) in [6.45, 7) is 2.85. The fourth-order valence-corrected chi connectivity index (χ4v) is 2.28. The van der Waals surface area contributed by atoms with Crippen molar-refractivity contribution >= 4 is 6.03 Å². The number of carbonyl (C=O) groups is 1. The third-order valence-electron chi connectivity index (χ3n) is 3.34. The fourth-order valence-electron chi connectivity index (χ4n) is 2.28. The number of hydrogen-bond donors (Lipinski definition) is 3. The lowest BCUT2D eigenvalue weighted by Crippen LogP contribution is -2.38. The molecule has 1 aromatic carbocycles. The maximum absolute atomic E-state index is 11.9. The van der Waals surface area contributed by atoms with Crippen LogP contribution >= 0.6 is 0 Å². The molecule has 2 unspecified atom stereocenters. The number of para-hydroxylation sites is 1. The molecule has 3 N–H and O–H groups in total. The van der Waals surface area contributed by atoms with Gasteiger partial charge >= 0.3 is 6.03 Å². The van der Waals surface area contributed by atoms with Crippen LogP contribution < -0.4 is 15.4 Å². The first kappa shape index (κ1) is 14.7. The third-order valence-corrected chi connectivity index (χ3v) is 3.34. The van der Waals surface area contributed by atoms with E-state index < -0.39 is 6.10 Å². The number of aliphatic hydroxyl groups is 1. The first-order valence-electron chi connectivity index (χ1n) is 7.11. The first-order valence-corrected chi connectivity index (χ1v) is 7.11. The van der Waals surface area contributed by atoms with Crippen LogP contribution in [-0.4, -0.2) is 30.4 Å². The lowest BCUT2D eigenvalue weighted by molar-refractivity contribution is 0.183. The molecule has 5 heteroatoms. The maximum atomic E-state index is 11.9. The van der Waals surface area contributed by atoms with Gasteiger partial charge in [-0.05, 0) is 32.3 Å². The van der Waals surface area contributed by atoms with E-state index in [0.29, 0.717) is 19.6 Å². The highest BCUT2D eigenvalue weighted by Crippen LogP contribution is 2.30. The zero-order valence-electron chi connectivity index (χ0n) is 11.8. The second kappa shape index (κ2) is 7.14. The Morgan fingerprint density at radius 1 is 1.50 bits per heavy atom. The van der Waals surface area contributed by atoms with Crippen molar-refractivity contribution in [1.29, 1.82) is 0 Å². The topological polar surface area (TPSA) is 70.6 Å². The van der Waals surface area contributed by atoms with E-state index in [4.69, 9.17) is 9.84 Å². The average molecular weight is 278 g/mol. The van der Waals surface area contributed by atoms with Gasteiger partial charge in [-0.3, -0.25) is 0 Å². The van der Waals surface area contributed by atoms with E-state index >= 15 is 0 Å². The number of ether oxygens (including phenoxy) is 1. The largest absolute Gasteiger partial charge is 0.493 e. The third kappa shape index (κ3) is 4.13. The van der Waals surface area contributed by atoms with Gasteiger partial charge in [0.2, 0.25) is 0 Å². The van der Waals surface area contributed by atoms with Gasteiger partial charge in [-0.15, -0.1) is 0 Å². The smallest absolute Gasteiger partial charge is 0.315 e. The molecule has 2 atom stereocenters. The van der Waals surface area contributed by atoms with Crippen LogP contribution in [-0.2, 0) is 0 Å². The molecule has 0 spiro atoms. The maximum Gasteiger partial charge on any atom is 0.315 e. The van der Waals surface area contributed by atoms with Gasteiger partial charge < -0.3 is 20.5 Å². The van der Waals surface area contributed by atoms with E-state index in [9.17, 15) is 4.79 Å².